The van der Waals surface area contributed by atoms with Crippen LogP contribution in [0.5, 0.6) is 5.75 Å². The SMILES string of the molecule is COc1ccc(N2CCN(C(=O)COC(=O)[C@H](NC(=O)c3cccc(C)c3)C(C)C)CC2)cc1. The van der Waals surface area contributed by atoms with Crippen LogP contribution < -0.4 is 15.0 Å². The Balaban J connectivity index is 1.48. The zero-order valence-corrected chi connectivity index (χ0v) is 20.2. The second-order valence-electron chi connectivity index (χ2n) is 8.74. The van der Waals surface area contributed by atoms with Gasteiger partial charge in [0, 0.05) is 37.4 Å². The lowest BCUT2D eigenvalue weighted by Crippen LogP contribution is -2.50. The van der Waals surface area contributed by atoms with E-state index < -0.39 is 12.0 Å². The maximum atomic E-state index is 12.7. The monoisotopic (exact) mass is 467 g/mol. The lowest BCUT2D eigenvalue weighted by atomic mass is 10.0. The van der Waals surface area contributed by atoms with Gasteiger partial charge in [0.25, 0.3) is 11.8 Å². The highest BCUT2D eigenvalue weighted by Gasteiger charge is 2.28. The third-order valence-electron chi connectivity index (χ3n) is 5.90. The van der Waals surface area contributed by atoms with Crippen molar-refractivity contribution in [1.82, 2.24) is 10.2 Å². The molecule has 2 amide bonds. The minimum atomic E-state index is -0.840. The van der Waals surface area contributed by atoms with Crippen LogP contribution in [0, 0.1) is 12.8 Å². The van der Waals surface area contributed by atoms with Crippen molar-refractivity contribution >= 4 is 23.5 Å². The lowest BCUT2D eigenvalue weighted by Gasteiger charge is -2.36. The number of methoxy groups -OCH3 is 1. The molecule has 0 saturated carbocycles. The predicted molar refractivity (Wildman–Crippen MR) is 130 cm³/mol. The molecule has 1 aliphatic rings. The van der Waals surface area contributed by atoms with Crippen molar-refractivity contribution in [3.8, 4) is 5.75 Å². The van der Waals surface area contributed by atoms with Crippen LogP contribution in [0.1, 0.15) is 29.8 Å². The molecule has 1 saturated heterocycles. The van der Waals surface area contributed by atoms with Crippen molar-refractivity contribution in [2.24, 2.45) is 5.92 Å². The number of carbonyl (C=O) groups is 3. The molecule has 0 aromatic heterocycles. The highest BCUT2D eigenvalue weighted by Crippen LogP contribution is 2.20. The lowest BCUT2D eigenvalue weighted by molar-refractivity contribution is -0.154. The van der Waals surface area contributed by atoms with Gasteiger partial charge in [0.2, 0.25) is 0 Å². The highest BCUT2D eigenvalue weighted by molar-refractivity contribution is 5.97. The fourth-order valence-electron chi connectivity index (χ4n) is 3.83. The van der Waals surface area contributed by atoms with Gasteiger partial charge in [0.05, 0.1) is 7.11 Å². The number of hydrogen-bond acceptors (Lipinski definition) is 6. The molecular formula is C26H33N3O5. The van der Waals surface area contributed by atoms with Crippen molar-refractivity contribution < 1.29 is 23.9 Å². The van der Waals surface area contributed by atoms with E-state index in [2.05, 4.69) is 10.2 Å². The van der Waals surface area contributed by atoms with Crippen molar-refractivity contribution in [2.75, 3.05) is 44.8 Å². The summed E-state index contributed by atoms with van der Waals surface area (Å²) in [4.78, 5) is 41.8. The number of aryl methyl sites for hydroxylation is 1. The van der Waals surface area contributed by atoms with Crippen LogP contribution in [0.4, 0.5) is 5.69 Å². The van der Waals surface area contributed by atoms with Gasteiger partial charge in [-0.1, -0.05) is 31.5 Å². The number of hydrogen-bond donors (Lipinski definition) is 1. The topological polar surface area (TPSA) is 88.2 Å². The number of amides is 2. The van der Waals surface area contributed by atoms with E-state index in [1.165, 1.54) is 0 Å². The molecule has 0 bridgehead atoms. The van der Waals surface area contributed by atoms with Crippen LogP contribution in [0.25, 0.3) is 0 Å². The standard InChI is InChI=1S/C26H33N3O5/c1-18(2)24(27-25(31)20-7-5-6-19(3)16-20)26(32)34-17-23(30)29-14-12-28(13-15-29)21-8-10-22(33-4)11-9-21/h5-11,16,18,24H,12-15,17H2,1-4H3,(H,27,31)/t24-/m1/s1. The minimum Gasteiger partial charge on any atom is -0.497 e. The van der Waals surface area contributed by atoms with Gasteiger partial charge in [-0.05, 0) is 49.2 Å². The van der Waals surface area contributed by atoms with Gasteiger partial charge in [-0.3, -0.25) is 9.59 Å². The second kappa shape index (κ2) is 11.5. The molecule has 3 rings (SSSR count). The van der Waals surface area contributed by atoms with Gasteiger partial charge < -0.3 is 24.6 Å². The maximum absolute atomic E-state index is 12.7. The van der Waals surface area contributed by atoms with Crippen LogP contribution in [0.2, 0.25) is 0 Å². The molecule has 2 aromatic carbocycles. The van der Waals surface area contributed by atoms with Crippen LogP contribution >= 0.6 is 0 Å². The van der Waals surface area contributed by atoms with E-state index in [9.17, 15) is 14.4 Å². The number of piperazine rings is 1. The molecule has 8 heteroatoms. The molecule has 34 heavy (non-hydrogen) atoms. The molecule has 2 aromatic rings. The van der Waals surface area contributed by atoms with Gasteiger partial charge in [0.15, 0.2) is 6.61 Å². The number of carbonyl (C=O) groups excluding carboxylic acids is 3. The van der Waals surface area contributed by atoms with Gasteiger partial charge in [-0.2, -0.15) is 0 Å². The quantitative estimate of drug-likeness (QED) is 0.601. The summed E-state index contributed by atoms with van der Waals surface area (Å²) in [5.74, 6) is -0.588. The van der Waals surface area contributed by atoms with Crippen molar-refractivity contribution in [3.05, 3.63) is 59.7 Å². The molecule has 0 aliphatic carbocycles. The minimum absolute atomic E-state index is 0.190. The van der Waals surface area contributed by atoms with E-state index >= 15 is 0 Å². The zero-order valence-electron chi connectivity index (χ0n) is 20.2. The number of nitrogens with one attached hydrogen (secondary N) is 1. The van der Waals surface area contributed by atoms with Gasteiger partial charge in [-0.15, -0.1) is 0 Å². The Kier molecular flexibility index (Phi) is 8.51. The van der Waals surface area contributed by atoms with Gasteiger partial charge >= 0.3 is 5.97 Å². The molecule has 1 atom stereocenters. The Morgan fingerprint density at radius 1 is 1.00 bits per heavy atom. The number of ether oxygens (including phenoxy) is 2. The molecule has 0 radical (unpaired) electrons. The summed E-state index contributed by atoms with van der Waals surface area (Å²) in [5.41, 5.74) is 2.50. The number of esters is 1. The Morgan fingerprint density at radius 2 is 1.68 bits per heavy atom. The first-order chi connectivity index (χ1) is 16.3. The summed E-state index contributed by atoms with van der Waals surface area (Å²) in [6, 6.07) is 14.1. The zero-order chi connectivity index (χ0) is 24.7. The average molecular weight is 468 g/mol. The maximum Gasteiger partial charge on any atom is 0.329 e. The number of benzene rings is 2. The molecule has 1 heterocycles. The molecule has 1 N–H and O–H groups in total. The van der Waals surface area contributed by atoms with E-state index in [4.69, 9.17) is 9.47 Å². The summed E-state index contributed by atoms with van der Waals surface area (Å²) in [5, 5.41) is 2.74. The van der Waals surface area contributed by atoms with E-state index in [-0.39, 0.29) is 24.3 Å². The summed E-state index contributed by atoms with van der Waals surface area (Å²) in [7, 11) is 1.63. The van der Waals surface area contributed by atoms with Crippen molar-refractivity contribution in [3.63, 3.8) is 0 Å². The third-order valence-corrected chi connectivity index (χ3v) is 5.90. The molecule has 182 valence electrons. The van der Waals surface area contributed by atoms with Crippen LogP contribution in [0.3, 0.4) is 0 Å². The van der Waals surface area contributed by atoms with E-state index in [1.54, 1.807) is 30.2 Å². The third kappa shape index (κ3) is 6.50. The number of nitrogens with zero attached hydrogens (tertiary/aromatic N) is 2. The molecule has 1 fully saturated rings. The summed E-state index contributed by atoms with van der Waals surface area (Å²) in [6.07, 6.45) is 0. The van der Waals surface area contributed by atoms with Gasteiger partial charge in [0.1, 0.15) is 11.8 Å². The van der Waals surface area contributed by atoms with Crippen LogP contribution in [-0.4, -0.2) is 68.6 Å². The van der Waals surface area contributed by atoms with Crippen LogP contribution in [-0.2, 0) is 14.3 Å². The normalized spacial score (nSPS) is 14.5. The number of anilines is 1. The Bertz CT molecular complexity index is 998. The first kappa shape index (κ1) is 25.1. The Morgan fingerprint density at radius 3 is 2.26 bits per heavy atom. The molecule has 0 unspecified atom stereocenters. The highest BCUT2D eigenvalue weighted by atomic mass is 16.5. The fourth-order valence-corrected chi connectivity index (χ4v) is 3.83. The van der Waals surface area contributed by atoms with E-state index in [1.807, 2.05) is 51.1 Å². The molecule has 8 nitrogen and oxygen atoms in total. The fraction of sp³-hybridized carbons (Fsp3) is 0.423. The average Bonchev–Trinajstić information content (AvgIpc) is 2.85. The Labute approximate surface area is 200 Å². The van der Waals surface area contributed by atoms with Crippen LogP contribution in [0.15, 0.2) is 48.5 Å². The summed E-state index contributed by atoms with van der Waals surface area (Å²) < 4.78 is 10.5. The molecule has 0 spiro atoms. The predicted octanol–water partition coefficient (Wildman–Crippen LogP) is 2.65. The smallest absolute Gasteiger partial charge is 0.329 e. The first-order valence-corrected chi connectivity index (χ1v) is 11.5. The summed E-state index contributed by atoms with van der Waals surface area (Å²) in [6.45, 7) is 7.66. The second-order valence-corrected chi connectivity index (χ2v) is 8.74. The summed E-state index contributed by atoms with van der Waals surface area (Å²) >= 11 is 0. The van der Waals surface area contributed by atoms with E-state index in [0.717, 1.165) is 17.0 Å². The van der Waals surface area contributed by atoms with Gasteiger partial charge in [-0.25, -0.2) is 4.79 Å². The van der Waals surface area contributed by atoms with Crippen molar-refractivity contribution in [2.45, 2.75) is 26.8 Å². The Hall–Kier alpha value is -3.55. The van der Waals surface area contributed by atoms with Crippen molar-refractivity contribution in [1.29, 1.82) is 0 Å². The number of rotatable bonds is 8. The molecular weight excluding hydrogens is 434 g/mol. The van der Waals surface area contributed by atoms with E-state index in [0.29, 0.717) is 31.7 Å². The first-order valence-electron chi connectivity index (χ1n) is 11.5. The largest absolute Gasteiger partial charge is 0.497 e. The molecule has 1 aliphatic heterocycles.